The molecular formula is C16H16N4O2. The lowest BCUT2D eigenvalue weighted by Crippen LogP contribution is -2.37. The Kier molecular flexibility index (Phi) is 4.77. The van der Waals surface area contributed by atoms with Crippen molar-refractivity contribution in [2.45, 2.75) is 0 Å². The fourth-order valence-corrected chi connectivity index (χ4v) is 1.70. The summed E-state index contributed by atoms with van der Waals surface area (Å²) in [4.78, 5) is 23.8. The van der Waals surface area contributed by atoms with Crippen molar-refractivity contribution in [3.63, 3.8) is 0 Å². The fraction of sp³-hybridized carbons (Fsp3) is 0. The molecule has 0 spiro atoms. The monoisotopic (exact) mass is 296 g/mol. The molecule has 0 radical (unpaired) electrons. The van der Waals surface area contributed by atoms with Gasteiger partial charge in [0, 0.05) is 11.1 Å². The third-order valence-corrected chi connectivity index (χ3v) is 2.86. The van der Waals surface area contributed by atoms with Gasteiger partial charge in [-0.2, -0.15) is 0 Å². The summed E-state index contributed by atoms with van der Waals surface area (Å²) < 4.78 is 0. The van der Waals surface area contributed by atoms with Gasteiger partial charge >= 0.3 is 0 Å². The standard InChI is InChI=1S/C16H16N4O2/c17-13(19-15(21)11-7-3-1-4-8-11)14(18)20-16(22)12-9-5-2-6-10-12/h1-10H,17-18H2,(H,19,21)(H,20,22)/b14-13-. The molecule has 2 aromatic rings. The Morgan fingerprint density at radius 3 is 1.27 bits per heavy atom. The number of benzene rings is 2. The molecular weight excluding hydrogens is 280 g/mol. The Bertz CT molecular complexity index is 635. The second-order valence-electron chi connectivity index (χ2n) is 4.47. The molecule has 2 rings (SSSR count). The average Bonchev–Trinajstić information content (AvgIpc) is 2.56. The molecule has 6 heteroatoms. The van der Waals surface area contributed by atoms with Gasteiger partial charge in [0.15, 0.2) is 0 Å². The van der Waals surface area contributed by atoms with E-state index in [9.17, 15) is 9.59 Å². The number of nitrogens with two attached hydrogens (primary N) is 2. The first kappa shape index (κ1) is 15.1. The van der Waals surface area contributed by atoms with Crippen LogP contribution in [0, 0.1) is 0 Å². The van der Waals surface area contributed by atoms with E-state index >= 15 is 0 Å². The summed E-state index contributed by atoms with van der Waals surface area (Å²) in [5, 5.41) is 4.86. The van der Waals surface area contributed by atoms with E-state index < -0.39 is 11.8 Å². The summed E-state index contributed by atoms with van der Waals surface area (Å²) in [6, 6.07) is 17.1. The summed E-state index contributed by atoms with van der Waals surface area (Å²) in [6.07, 6.45) is 0. The Morgan fingerprint density at radius 1 is 0.636 bits per heavy atom. The van der Waals surface area contributed by atoms with Gasteiger partial charge in [-0.25, -0.2) is 0 Å². The summed E-state index contributed by atoms with van der Waals surface area (Å²) in [6.45, 7) is 0. The Morgan fingerprint density at radius 2 is 0.955 bits per heavy atom. The van der Waals surface area contributed by atoms with E-state index in [-0.39, 0.29) is 11.6 Å². The van der Waals surface area contributed by atoms with E-state index in [0.29, 0.717) is 11.1 Å². The normalized spacial score (nSPS) is 11.3. The molecule has 0 aliphatic carbocycles. The second-order valence-corrected chi connectivity index (χ2v) is 4.47. The quantitative estimate of drug-likeness (QED) is 0.671. The zero-order chi connectivity index (χ0) is 15.9. The van der Waals surface area contributed by atoms with Gasteiger partial charge in [-0.05, 0) is 24.3 Å². The predicted molar refractivity (Wildman–Crippen MR) is 83.2 cm³/mol. The number of hydrogen-bond acceptors (Lipinski definition) is 4. The maximum Gasteiger partial charge on any atom is 0.256 e. The molecule has 0 aliphatic rings. The number of rotatable bonds is 4. The molecule has 2 aromatic carbocycles. The number of carbonyl (C=O) groups is 2. The third kappa shape index (κ3) is 3.86. The smallest absolute Gasteiger partial charge is 0.256 e. The molecule has 0 saturated carbocycles. The van der Waals surface area contributed by atoms with Gasteiger partial charge in [0.25, 0.3) is 11.8 Å². The Hall–Kier alpha value is -3.28. The number of carbonyl (C=O) groups excluding carboxylic acids is 2. The minimum absolute atomic E-state index is 0.113. The van der Waals surface area contributed by atoms with Gasteiger partial charge in [-0.3, -0.25) is 9.59 Å². The summed E-state index contributed by atoms with van der Waals surface area (Å²) in [7, 11) is 0. The van der Waals surface area contributed by atoms with Crippen LogP contribution in [0.4, 0.5) is 0 Å². The molecule has 22 heavy (non-hydrogen) atoms. The van der Waals surface area contributed by atoms with Crippen molar-refractivity contribution in [1.29, 1.82) is 0 Å². The lowest BCUT2D eigenvalue weighted by Gasteiger charge is -2.10. The van der Waals surface area contributed by atoms with E-state index in [4.69, 9.17) is 11.5 Å². The second kappa shape index (κ2) is 6.94. The van der Waals surface area contributed by atoms with Crippen molar-refractivity contribution >= 4 is 11.8 Å². The van der Waals surface area contributed by atoms with Crippen molar-refractivity contribution in [3.05, 3.63) is 83.4 Å². The molecule has 0 aliphatic heterocycles. The molecule has 0 unspecified atom stereocenters. The van der Waals surface area contributed by atoms with Crippen molar-refractivity contribution in [1.82, 2.24) is 10.6 Å². The number of amides is 2. The minimum atomic E-state index is -0.407. The van der Waals surface area contributed by atoms with E-state index in [2.05, 4.69) is 10.6 Å². The van der Waals surface area contributed by atoms with E-state index in [1.54, 1.807) is 60.7 Å². The molecule has 0 atom stereocenters. The molecule has 0 saturated heterocycles. The third-order valence-electron chi connectivity index (χ3n) is 2.86. The number of hydrogen-bond donors (Lipinski definition) is 4. The Labute approximate surface area is 127 Å². The van der Waals surface area contributed by atoms with Crippen molar-refractivity contribution in [2.24, 2.45) is 11.5 Å². The Balaban J connectivity index is 2.03. The zero-order valence-corrected chi connectivity index (χ0v) is 11.7. The van der Waals surface area contributed by atoms with Crippen LogP contribution in [0.25, 0.3) is 0 Å². The molecule has 0 aromatic heterocycles. The fourth-order valence-electron chi connectivity index (χ4n) is 1.70. The van der Waals surface area contributed by atoms with Crippen LogP contribution in [0.5, 0.6) is 0 Å². The van der Waals surface area contributed by atoms with Crippen LogP contribution in [0.3, 0.4) is 0 Å². The van der Waals surface area contributed by atoms with Crippen LogP contribution in [0.2, 0.25) is 0 Å². The van der Waals surface area contributed by atoms with Crippen LogP contribution in [0.1, 0.15) is 20.7 Å². The van der Waals surface area contributed by atoms with Crippen LogP contribution in [-0.2, 0) is 0 Å². The first-order chi connectivity index (χ1) is 10.6. The van der Waals surface area contributed by atoms with Gasteiger partial charge in [0.05, 0.1) is 0 Å². The van der Waals surface area contributed by atoms with Crippen LogP contribution >= 0.6 is 0 Å². The molecule has 0 heterocycles. The first-order valence-electron chi connectivity index (χ1n) is 6.56. The molecule has 112 valence electrons. The summed E-state index contributed by atoms with van der Waals surface area (Å²) in [5.41, 5.74) is 12.3. The SMILES string of the molecule is N/C(NC(=O)c1ccccc1)=C(\N)NC(=O)c1ccccc1. The van der Waals surface area contributed by atoms with Crippen molar-refractivity contribution in [3.8, 4) is 0 Å². The largest absolute Gasteiger partial charge is 0.382 e. The summed E-state index contributed by atoms with van der Waals surface area (Å²) in [5.74, 6) is -1.04. The van der Waals surface area contributed by atoms with Gasteiger partial charge < -0.3 is 22.1 Å². The molecule has 6 nitrogen and oxygen atoms in total. The topological polar surface area (TPSA) is 110 Å². The van der Waals surface area contributed by atoms with Crippen LogP contribution in [-0.4, -0.2) is 11.8 Å². The highest BCUT2D eigenvalue weighted by atomic mass is 16.2. The minimum Gasteiger partial charge on any atom is -0.382 e. The van der Waals surface area contributed by atoms with Gasteiger partial charge in [-0.1, -0.05) is 36.4 Å². The highest BCUT2D eigenvalue weighted by Crippen LogP contribution is 2.01. The summed E-state index contributed by atoms with van der Waals surface area (Å²) >= 11 is 0. The lowest BCUT2D eigenvalue weighted by atomic mass is 10.2. The highest BCUT2D eigenvalue weighted by molar-refractivity contribution is 5.96. The average molecular weight is 296 g/mol. The molecule has 6 N–H and O–H groups in total. The van der Waals surface area contributed by atoms with Gasteiger partial charge in [0.2, 0.25) is 0 Å². The van der Waals surface area contributed by atoms with Crippen LogP contribution in [0.15, 0.2) is 72.3 Å². The zero-order valence-electron chi connectivity index (χ0n) is 11.7. The highest BCUT2D eigenvalue weighted by Gasteiger charge is 2.10. The van der Waals surface area contributed by atoms with E-state index in [1.807, 2.05) is 0 Å². The van der Waals surface area contributed by atoms with Gasteiger partial charge in [-0.15, -0.1) is 0 Å². The van der Waals surface area contributed by atoms with Crippen molar-refractivity contribution in [2.75, 3.05) is 0 Å². The molecule has 0 bridgehead atoms. The maximum atomic E-state index is 11.9. The lowest BCUT2D eigenvalue weighted by molar-refractivity contribution is 0.0947. The molecule has 0 fully saturated rings. The van der Waals surface area contributed by atoms with E-state index in [0.717, 1.165) is 0 Å². The van der Waals surface area contributed by atoms with E-state index in [1.165, 1.54) is 0 Å². The van der Waals surface area contributed by atoms with Gasteiger partial charge in [0.1, 0.15) is 11.6 Å². The predicted octanol–water partition coefficient (Wildman–Crippen LogP) is 0.890. The number of nitrogens with one attached hydrogen (secondary N) is 2. The molecule has 2 amide bonds. The van der Waals surface area contributed by atoms with Crippen LogP contribution < -0.4 is 22.1 Å². The van der Waals surface area contributed by atoms with Crippen molar-refractivity contribution < 1.29 is 9.59 Å². The first-order valence-corrected chi connectivity index (χ1v) is 6.56. The maximum absolute atomic E-state index is 11.9.